The van der Waals surface area contributed by atoms with E-state index in [1.54, 1.807) is 24.1 Å². The van der Waals surface area contributed by atoms with Gasteiger partial charge in [0.25, 0.3) is 5.56 Å². The lowest BCUT2D eigenvalue weighted by atomic mass is 9.87. The van der Waals surface area contributed by atoms with Crippen molar-refractivity contribution in [3.05, 3.63) is 87.5 Å². The van der Waals surface area contributed by atoms with Crippen molar-refractivity contribution in [1.82, 2.24) is 14.5 Å². The van der Waals surface area contributed by atoms with Crippen LogP contribution in [0, 0.1) is 5.82 Å². The summed E-state index contributed by atoms with van der Waals surface area (Å²) >= 11 is 1.36. The number of halogens is 1. The summed E-state index contributed by atoms with van der Waals surface area (Å²) in [5.74, 6) is -0.463. The summed E-state index contributed by atoms with van der Waals surface area (Å²) in [7, 11) is 1.81. The molecule has 0 unspecified atom stereocenters. The molecule has 2 heterocycles. The van der Waals surface area contributed by atoms with Crippen LogP contribution in [0.5, 0.6) is 0 Å². The van der Waals surface area contributed by atoms with E-state index in [-0.39, 0.29) is 29.9 Å². The number of amides is 1. The van der Waals surface area contributed by atoms with Gasteiger partial charge in [-0.15, -0.1) is 11.3 Å². The monoisotopic (exact) mass is 447 g/mol. The van der Waals surface area contributed by atoms with Crippen LogP contribution in [-0.2, 0) is 17.8 Å². The van der Waals surface area contributed by atoms with Crippen LogP contribution >= 0.6 is 11.3 Å². The summed E-state index contributed by atoms with van der Waals surface area (Å²) in [5, 5.41) is 2.31. The first-order valence-electron chi connectivity index (χ1n) is 10.6. The third-order valence-electron chi connectivity index (χ3n) is 6.22. The highest BCUT2D eigenvalue weighted by Gasteiger charge is 2.27. The smallest absolute Gasteiger partial charge is 0.263 e. The first kappa shape index (κ1) is 20.6. The van der Waals surface area contributed by atoms with Crippen molar-refractivity contribution >= 4 is 27.5 Å². The first-order chi connectivity index (χ1) is 15.5. The Morgan fingerprint density at radius 2 is 2.00 bits per heavy atom. The Hall–Kier alpha value is -3.32. The minimum Gasteiger partial charge on any atom is -0.337 e. The molecule has 0 fully saturated rings. The molecular weight excluding hydrogens is 425 g/mol. The van der Waals surface area contributed by atoms with E-state index >= 15 is 0 Å². The van der Waals surface area contributed by atoms with Gasteiger partial charge in [-0.1, -0.05) is 36.4 Å². The van der Waals surface area contributed by atoms with Gasteiger partial charge in [-0.25, -0.2) is 9.37 Å². The number of benzene rings is 2. The Bertz CT molecular complexity index is 1360. The van der Waals surface area contributed by atoms with Crippen molar-refractivity contribution < 1.29 is 9.18 Å². The van der Waals surface area contributed by atoms with E-state index in [1.807, 2.05) is 17.5 Å². The highest BCUT2D eigenvalue weighted by molar-refractivity contribution is 7.17. The molecule has 162 valence electrons. The molecular formula is C25H22FN3O2S. The van der Waals surface area contributed by atoms with Crippen molar-refractivity contribution in [1.29, 1.82) is 0 Å². The number of rotatable bonds is 4. The Morgan fingerprint density at radius 3 is 2.81 bits per heavy atom. The molecule has 2 aromatic carbocycles. The molecule has 1 atom stereocenters. The lowest BCUT2D eigenvalue weighted by Gasteiger charge is -2.33. The van der Waals surface area contributed by atoms with Crippen LogP contribution in [0.1, 0.15) is 30.0 Å². The molecule has 0 spiro atoms. The fourth-order valence-corrected chi connectivity index (χ4v) is 5.39. The Morgan fingerprint density at radius 1 is 1.22 bits per heavy atom. The number of carbonyl (C=O) groups excluding carboxylic acids is 1. The molecule has 0 saturated carbocycles. The molecule has 1 aliphatic rings. The van der Waals surface area contributed by atoms with Crippen molar-refractivity contribution in [3.8, 4) is 11.1 Å². The molecule has 0 bridgehead atoms. The van der Waals surface area contributed by atoms with E-state index in [2.05, 4.69) is 17.1 Å². The number of nitrogens with zero attached hydrogens (tertiary/aromatic N) is 3. The predicted molar refractivity (Wildman–Crippen MR) is 124 cm³/mol. The summed E-state index contributed by atoms with van der Waals surface area (Å²) in [6.07, 6.45) is 4.41. The molecule has 2 aromatic heterocycles. The molecule has 1 amide bonds. The Balaban J connectivity index is 1.45. The maximum absolute atomic E-state index is 13.3. The van der Waals surface area contributed by atoms with Gasteiger partial charge in [-0.05, 0) is 48.1 Å². The van der Waals surface area contributed by atoms with Gasteiger partial charge in [-0.2, -0.15) is 0 Å². The fourth-order valence-electron chi connectivity index (χ4n) is 4.48. The summed E-state index contributed by atoms with van der Waals surface area (Å²) in [6.45, 7) is -0.0738. The lowest BCUT2D eigenvalue weighted by molar-refractivity contribution is -0.133. The number of thiophene rings is 1. The summed E-state index contributed by atoms with van der Waals surface area (Å²) in [5.41, 5.74) is 3.66. The Kier molecular flexibility index (Phi) is 5.35. The summed E-state index contributed by atoms with van der Waals surface area (Å²) < 4.78 is 14.7. The zero-order valence-electron chi connectivity index (χ0n) is 17.6. The third kappa shape index (κ3) is 3.62. The molecule has 1 aliphatic carbocycles. The van der Waals surface area contributed by atoms with Gasteiger partial charge >= 0.3 is 0 Å². The van der Waals surface area contributed by atoms with Crippen LogP contribution < -0.4 is 5.56 Å². The zero-order valence-corrected chi connectivity index (χ0v) is 18.4. The van der Waals surface area contributed by atoms with Crippen LogP contribution in [0.3, 0.4) is 0 Å². The second-order valence-electron chi connectivity index (χ2n) is 8.13. The van der Waals surface area contributed by atoms with Crippen molar-refractivity contribution in [2.45, 2.75) is 31.8 Å². The first-order valence-corrected chi connectivity index (χ1v) is 11.5. The van der Waals surface area contributed by atoms with Gasteiger partial charge < -0.3 is 4.90 Å². The molecule has 0 radical (unpaired) electrons. The van der Waals surface area contributed by atoms with Crippen LogP contribution in [-0.4, -0.2) is 27.4 Å². The number of carbonyl (C=O) groups is 1. The average Bonchev–Trinajstić information content (AvgIpc) is 3.25. The summed E-state index contributed by atoms with van der Waals surface area (Å²) in [6, 6.07) is 14.3. The normalized spacial score (nSPS) is 15.5. The van der Waals surface area contributed by atoms with E-state index in [4.69, 9.17) is 0 Å². The third-order valence-corrected chi connectivity index (χ3v) is 7.11. The molecule has 32 heavy (non-hydrogen) atoms. The average molecular weight is 448 g/mol. The van der Waals surface area contributed by atoms with Gasteiger partial charge in [0.15, 0.2) is 0 Å². The van der Waals surface area contributed by atoms with Crippen LogP contribution in [0.25, 0.3) is 21.3 Å². The second kappa shape index (κ2) is 8.31. The number of hydrogen-bond acceptors (Lipinski definition) is 4. The fraction of sp³-hybridized carbons (Fsp3) is 0.240. The number of aryl methyl sites for hydroxylation is 1. The minimum absolute atomic E-state index is 0.00997. The molecule has 5 rings (SSSR count). The van der Waals surface area contributed by atoms with Crippen LogP contribution in [0.15, 0.2) is 65.0 Å². The van der Waals surface area contributed by atoms with Gasteiger partial charge in [0.1, 0.15) is 17.2 Å². The molecule has 0 saturated heterocycles. The lowest BCUT2D eigenvalue weighted by Crippen LogP contribution is -2.37. The predicted octanol–water partition coefficient (Wildman–Crippen LogP) is 4.80. The molecule has 5 nitrogen and oxygen atoms in total. The van der Waals surface area contributed by atoms with E-state index in [1.165, 1.54) is 45.5 Å². The van der Waals surface area contributed by atoms with E-state index in [9.17, 15) is 14.0 Å². The van der Waals surface area contributed by atoms with Crippen LogP contribution in [0.2, 0.25) is 0 Å². The molecule has 0 N–H and O–H groups in total. The number of likely N-dealkylation sites (N-methyl/N-ethyl adjacent to an activating group) is 1. The number of fused-ring (bicyclic) bond motifs is 2. The maximum atomic E-state index is 13.3. The number of aromatic nitrogens is 2. The Labute approximate surface area is 188 Å². The largest absolute Gasteiger partial charge is 0.337 e. The van der Waals surface area contributed by atoms with Crippen LogP contribution in [0.4, 0.5) is 4.39 Å². The second-order valence-corrected chi connectivity index (χ2v) is 8.98. The number of hydrogen-bond donors (Lipinski definition) is 0. The van der Waals surface area contributed by atoms with E-state index in [0.717, 1.165) is 24.8 Å². The topological polar surface area (TPSA) is 55.2 Å². The van der Waals surface area contributed by atoms with E-state index < -0.39 is 0 Å². The quantitative estimate of drug-likeness (QED) is 0.452. The van der Waals surface area contributed by atoms with Crippen molar-refractivity contribution in [2.75, 3.05) is 7.05 Å². The standard InChI is InChI=1S/C25H22FN3O2S/c1-28(21-8-4-6-16-5-2-3-7-19(16)21)22(30)13-29-15-27-24-23(25(29)31)20(14-32-24)17-9-11-18(26)12-10-17/h2-3,5,7,9-12,14-15,21H,4,6,8,13H2,1H3/t21-/m0/s1. The van der Waals surface area contributed by atoms with Gasteiger partial charge in [0.2, 0.25) is 5.91 Å². The van der Waals surface area contributed by atoms with Gasteiger partial charge in [0, 0.05) is 18.0 Å². The van der Waals surface area contributed by atoms with Gasteiger partial charge in [0.05, 0.1) is 17.8 Å². The molecule has 0 aliphatic heterocycles. The minimum atomic E-state index is -0.332. The van der Waals surface area contributed by atoms with Gasteiger partial charge in [-0.3, -0.25) is 14.2 Å². The zero-order chi connectivity index (χ0) is 22.2. The van der Waals surface area contributed by atoms with E-state index in [0.29, 0.717) is 15.8 Å². The van der Waals surface area contributed by atoms with Crippen molar-refractivity contribution in [2.24, 2.45) is 0 Å². The highest BCUT2D eigenvalue weighted by atomic mass is 32.1. The SMILES string of the molecule is CN(C(=O)Cn1cnc2scc(-c3ccc(F)cc3)c2c1=O)[C@H]1CCCc2ccccc21. The molecule has 4 aromatic rings. The highest BCUT2D eigenvalue weighted by Crippen LogP contribution is 2.34. The van der Waals surface area contributed by atoms with Crippen molar-refractivity contribution in [3.63, 3.8) is 0 Å². The molecule has 7 heteroatoms. The maximum Gasteiger partial charge on any atom is 0.263 e. The summed E-state index contributed by atoms with van der Waals surface area (Å²) in [4.78, 5) is 33.2.